The number of piperidine rings is 1. The van der Waals surface area contributed by atoms with Crippen molar-refractivity contribution in [2.24, 2.45) is 5.92 Å². The van der Waals surface area contributed by atoms with Crippen molar-refractivity contribution in [3.8, 4) is 0 Å². The number of ether oxygens (including phenoxy) is 2. The maximum absolute atomic E-state index is 12.3. The first kappa shape index (κ1) is 24.7. The molecule has 1 aliphatic heterocycles. The number of benzene rings is 1. The molecule has 0 aromatic heterocycles. The summed E-state index contributed by atoms with van der Waals surface area (Å²) in [6.45, 7) is 10.9. The van der Waals surface area contributed by atoms with Gasteiger partial charge in [-0.3, -0.25) is 9.59 Å². The van der Waals surface area contributed by atoms with Gasteiger partial charge in [-0.2, -0.15) is 0 Å². The SMILES string of the molecule is CC(C)c1ccc(CCNC(=O)COC(=O)C2CCN(C(=O)OC(C)(C)C)CC2)cc1. The molecule has 0 unspecified atom stereocenters. The quantitative estimate of drug-likeness (QED) is 0.665. The third kappa shape index (κ3) is 8.59. The third-order valence-electron chi connectivity index (χ3n) is 5.21. The van der Waals surface area contributed by atoms with Crippen molar-refractivity contribution in [3.05, 3.63) is 35.4 Å². The van der Waals surface area contributed by atoms with Gasteiger partial charge < -0.3 is 19.7 Å². The molecule has 2 amide bonds. The fraction of sp³-hybridized carbons (Fsp3) is 0.625. The summed E-state index contributed by atoms with van der Waals surface area (Å²) in [5.74, 6) is -0.499. The van der Waals surface area contributed by atoms with Crippen LogP contribution in [0.15, 0.2) is 24.3 Å². The zero-order valence-corrected chi connectivity index (χ0v) is 19.4. The summed E-state index contributed by atoms with van der Waals surface area (Å²) in [6, 6.07) is 8.37. The molecule has 0 aliphatic carbocycles. The number of amides is 2. The van der Waals surface area contributed by atoms with Crippen LogP contribution in [0.4, 0.5) is 4.79 Å². The predicted octanol–water partition coefficient (Wildman–Crippen LogP) is 3.66. The standard InChI is InChI=1S/C24H36N2O5/c1-17(2)19-8-6-18(7-9-19)10-13-25-21(27)16-30-22(28)20-11-14-26(15-12-20)23(29)31-24(3,4)5/h6-9,17,20H,10-16H2,1-5H3,(H,25,27). The van der Waals surface area contributed by atoms with E-state index in [4.69, 9.17) is 9.47 Å². The Kier molecular flexibility index (Phi) is 8.89. The molecular weight excluding hydrogens is 396 g/mol. The summed E-state index contributed by atoms with van der Waals surface area (Å²) in [5, 5.41) is 2.78. The highest BCUT2D eigenvalue weighted by Crippen LogP contribution is 2.21. The van der Waals surface area contributed by atoms with Crippen molar-refractivity contribution >= 4 is 18.0 Å². The Bertz CT molecular complexity index is 744. The highest BCUT2D eigenvalue weighted by Gasteiger charge is 2.30. The van der Waals surface area contributed by atoms with E-state index in [9.17, 15) is 14.4 Å². The van der Waals surface area contributed by atoms with E-state index in [1.807, 2.05) is 20.8 Å². The number of carbonyl (C=O) groups is 3. The predicted molar refractivity (Wildman–Crippen MR) is 119 cm³/mol. The normalized spacial score (nSPS) is 15.0. The first-order valence-electron chi connectivity index (χ1n) is 11.1. The van der Waals surface area contributed by atoms with E-state index in [1.54, 1.807) is 4.90 Å². The molecular formula is C24H36N2O5. The lowest BCUT2D eigenvalue weighted by molar-refractivity contribution is -0.154. The maximum atomic E-state index is 12.3. The van der Waals surface area contributed by atoms with Crippen LogP contribution in [0.1, 0.15) is 64.5 Å². The van der Waals surface area contributed by atoms with E-state index >= 15 is 0 Å². The molecule has 7 nitrogen and oxygen atoms in total. The van der Waals surface area contributed by atoms with Crippen LogP contribution in [0.3, 0.4) is 0 Å². The Morgan fingerprint density at radius 2 is 1.71 bits per heavy atom. The van der Waals surface area contributed by atoms with Gasteiger partial charge in [0.25, 0.3) is 5.91 Å². The second-order valence-corrected chi connectivity index (χ2v) is 9.35. The fourth-order valence-electron chi connectivity index (χ4n) is 3.35. The third-order valence-corrected chi connectivity index (χ3v) is 5.21. The van der Waals surface area contributed by atoms with E-state index in [0.717, 1.165) is 12.0 Å². The van der Waals surface area contributed by atoms with Crippen molar-refractivity contribution in [3.63, 3.8) is 0 Å². The van der Waals surface area contributed by atoms with Crippen molar-refractivity contribution in [1.82, 2.24) is 10.2 Å². The zero-order valence-electron chi connectivity index (χ0n) is 19.4. The second-order valence-electron chi connectivity index (χ2n) is 9.35. The molecule has 2 rings (SSSR count). The smallest absolute Gasteiger partial charge is 0.410 e. The molecule has 0 bridgehead atoms. The maximum Gasteiger partial charge on any atom is 0.410 e. The number of carbonyl (C=O) groups excluding carboxylic acids is 3. The highest BCUT2D eigenvalue weighted by molar-refractivity contribution is 5.81. The Labute approximate surface area is 185 Å². The first-order valence-corrected chi connectivity index (χ1v) is 11.1. The van der Waals surface area contributed by atoms with Crippen LogP contribution in [0.2, 0.25) is 0 Å². The van der Waals surface area contributed by atoms with Gasteiger partial charge in [-0.25, -0.2) is 4.79 Å². The van der Waals surface area contributed by atoms with Crippen LogP contribution < -0.4 is 5.32 Å². The zero-order chi connectivity index (χ0) is 23.0. The van der Waals surface area contributed by atoms with Crippen LogP contribution in [-0.2, 0) is 25.5 Å². The summed E-state index contributed by atoms with van der Waals surface area (Å²) in [7, 11) is 0. The topological polar surface area (TPSA) is 84.9 Å². The Hall–Kier alpha value is -2.57. The van der Waals surface area contributed by atoms with E-state index in [1.165, 1.54) is 5.56 Å². The molecule has 0 saturated carbocycles. The summed E-state index contributed by atoms with van der Waals surface area (Å²) in [4.78, 5) is 37.9. The Morgan fingerprint density at radius 3 is 2.26 bits per heavy atom. The number of rotatable bonds is 7. The van der Waals surface area contributed by atoms with E-state index in [2.05, 4.69) is 43.4 Å². The summed E-state index contributed by atoms with van der Waals surface area (Å²) < 4.78 is 10.5. The fourth-order valence-corrected chi connectivity index (χ4v) is 3.35. The summed E-state index contributed by atoms with van der Waals surface area (Å²) in [5.41, 5.74) is 1.90. The average molecular weight is 433 g/mol. The van der Waals surface area contributed by atoms with Crippen LogP contribution in [0, 0.1) is 5.92 Å². The molecule has 1 aromatic rings. The molecule has 0 atom stereocenters. The molecule has 31 heavy (non-hydrogen) atoms. The lowest BCUT2D eigenvalue weighted by atomic mass is 9.97. The van der Waals surface area contributed by atoms with Gasteiger partial charge in [-0.1, -0.05) is 38.1 Å². The van der Waals surface area contributed by atoms with Crippen molar-refractivity contribution in [2.45, 2.75) is 65.4 Å². The van der Waals surface area contributed by atoms with Gasteiger partial charge in [0.15, 0.2) is 6.61 Å². The summed E-state index contributed by atoms with van der Waals surface area (Å²) >= 11 is 0. The molecule has 7 heteroatoms. The van der Waals surface area contributed by atoms with Crippen LogP contribution in [0.25, 0.3) is 0 Å². The van der Waals surface area contributed by atoms with Crippen LogP contribution >= 0.6 is 0 Å². The molecule has 1 N–H and O–H groups in total. The minimum Gasteiger partial charge on any atom is -0.455 e. The largest absolute Gasteiger partial charge is 0.455 e. The van der Waals surface area contributed by atoms with Gasteiger partial charge in [-0.15, -0.1) is 0 Å². The Morgan fingerprint density at radius 1 is 1.10 bits per heavy atom. The van der Waals surface area contributed by atoms with Gasteiger partial charge in [0, 0.05) is 19.6 Å². The second kappa shape index (κ2) is 11.2. The van der Waals surface area contributed by atoms with Gasteiger partial charge in [0.2, 0.25) is 0 Å². The minimum atomic E-state index is -0.544. The number of likely N-dealkylation sites (tertiary alicyclic amines) is 1. The molecule has 0 radical (unpaired) electrons. The number of esters is 1. The summed E-state index contributed by atoms with van der Waals surface area (Å²) in [6.07, 6.45) is 1.37. The Balaban J connectivity index is 1.63. The van der Waals surface area contributed by atoms with E-state index in [0.29, 0.717) is 38.4 Å². The molecule has 1 aliphatic rings. The number of nitrogens with zero attached hydrogens (tertiary/aromatic N) is 1. The van der Waals surface area contributed by atoms with Crippen LogP contribution in [-0.4, -0.2) is 54.7 Å². The lowest BCUT2D eigenvalue weighted by Gasteiger charge is -2.32. The van der Waals surface area contributed by atoms with Crippen LogP contribution in [0.5, 0.6) is 0 Å². The number of hydrogen-bond donors (Lipinski definition) is 1. The van der Waals surface area contributed by atoms with E-state index < -0.39 is 5.60 Å². The van der Waals surface area contributed by atoms with Gasteiger partial charge in [-0.05, 0) is 57.1 Å². The highest BCUT2D eigenvalue weighted by atomic mass is 16.6. The monoisotopic (exact) mass is 432 g/mol. The van der Waals surface area contributed by atoms with Gasteiger partial charge in [0.05, 0.1) is 5.92 Å². The van der Waals surface area contributed by atoms with Crippen molar-refractivity contribution in [2.75, 3.05) is 26.2 Å². The lowest BCUT2D eigenvalue weighted by Crippen LogP contribution is -2.43. The minimum absolute atomic E-state index is 0.280. The molecule has 1 aromatic carbocycles. The molecule has 1 fully saturated rings. The van der Waals surface area contributed by atoms with Gasteiger partial charge >= 0.3 is 12.1 Å². The average Bonchev–Trinajstić information content (AvgIpc) is 2.71. The van der Waals surface area contributed by atoms with Gasteiger partial charge in [0.1, 0.15) is 5.60 Å². The van der Waals surface area contributed by atoms with Crippen molar-refractivity contribution < 1.29 is 23.9 Å². The number of nitrogens with one attached hydrogen (secondary N) is 1. The molecule has 1 saturated heterocycles. The number of hydrogen-bond acceptors (Lipinski definition) is 5. The van der Waals surface area contributed by atoms with E-state index in [-0.39, 0.29) is 30.5 Å². The van der Waals surface area contributed by atoms with Crippen molar-refractivity contribution in [1.29, 1.82) is 0 Å². The first-order chi connectivity index (χ1) is 14.5. The molecule has 172 valence electrons. The molecule has 1 heterocycles. The molecule has 0 spiro atoms.